The van der Waals surface area contributed by atoms with Gasteiger partial charge in [-0.25, -0.2) is 4.98 Å². The van der Waals surface area contributed by atoms with Gasteiger partial charge in [-0.15, -0.1) is 0 Å². The highest BCUT2D eigenvalue weighted by atomic mass is 32.1. The van der Waals surface area contributed by atoms with Gasteiger partial charge in [0.05, 0.1) is 12.7 Å². The predicted octanol–water partition coefficient (Wildman–Crippen LogP) is 0.653. The van der Waals surface area contributed by atoms with Crippen molar-refractivity contribution in [2.75, 3.05) is 24.6 Å². The Labute approximate surface area is 99.8 Å². The summed E-state index contributed by atoms with van der Waals surface area (Å²) in [5.74, 6) is 0.920. The highest BCUT2D eigenvalue weighted by molar-refractivity contribution is 7.09. The molecule has 2 N–H and O–H groups in total. The van der Waals surface area contributed by atoms with Crippen molar-refractivity contribution in [1.29, 1.82) is 0 Å². The van der Waals surface area contributed by atoms with Crippen molar-refractivity contribution in [2.24, 2.45) is 5.73 Å². The van der Waals surface area contributed by atoms with Gasteiger partial charge >= 0.3 is 0 Å². The van der Waals surface area contributed by atoms with Crippen LogP contribution >= 0.6 is 11.5 Å². The first-order valence-corrected chi connectivity index (χ1v) is 6.42. The Morgan fingerprint density at radius 1 is 1.69 bits per heavy atom. The van der Waals surface area contributed by atoms with Gasteiger partial charge in [0, 0.05) is 37.1 Å². The van der Waals surface area contributed by atoms with Gasteiger partial charge in [-0.1, -0.05) is 6.92 Å². The second-order valence-corrected chi connectivity index (χ2v) is 4.79. The fourth-order valence-corrected chi connectivity index (χ4v) is 2.47. The molecule has 0 aromatic carbocycles. The van der Waals surface area contributed by atoms with Crippen molar-refractivity contribution in [2.45, 2.75) is 32.4 Å². The average Bonchev–Trinajstić information content (AvgIpc) is 2.77. The molecule has 0 spiro atoms. The summed E-state index contributed by atoms with van der Waals surface area (Å²) >= 11 is 1.46. The number of rotatable bonds is 3. The minimum atomic E-state index is 0.0568. The van der Waals surface area contributed by atoms with Gasteiger partial charge in [0.2, 0.25) is 5.13 Å². The molecule has 2 unspecified atom stereocenters. The van der Waals surface area contributed by atoms with Gasteiger partial charge in [0.15, 0.2) is 0 Å². The largest absolute Gasteiger partial charge is 0.373 e. The van der Waals surface area contributed by atoms with Crippen LogP contribution in [0.25, 0.3) is 0 Å². The maximum atomic E-state index is 5.85. The molecule has 1 fully saturated rings. The Morgan fingerprint density at radius 3 is 3.12 bits per heavy atom. The number of nitrogens with two attached hydrogens (primary N) is 1. The highest BCUT2D eigenvalue weighted by Crippen LogP contribution is 2.20. The summed E-state index contributed by atoms with van der Waals surface area (Å²) in [5.41, 5.74) is 5.85. The van der Waals surface area contributed by atoms with E-state index in [2.05, 4.69) is 21.2 Å². The van der Waals surface area contributed by atoms with E-state index in [0.29, 0.717) is 6.61 Å². The topological polar surface area (TPSA) is 64.3 Å². The molecule has 0 amide bonds. The fourth-order valence-electron chi connectivity index (χ4n) is 1.68. The quantitative estimate of drug-likeness (QED) is 0.843. The van der Waals surface area contributed by atoms with Crippen LogP contribution in [-0.4, -0.2) is 41.2 Å². The van der Waals surface area contributed by atoms with Crippen LogP contribution in [0.15, 0.2) is 0 Å². The molecule has 2 rings (SSSR count). The van der Waals surface area contributed by atoms with Crippen molar-refractivity contribution >= 4 is 16.7 Å². The second kappa shape index (κ2) is 5.07. The molecule has 6 heteroatoms. The first-order chi connectivity index (χ1) is 7.70. The molecule has 5 nitrogen and oxygen atoms in total. The third-order valence-corrected chi connectivity index (χ3v) is 3.54. The number of morpholine rings is 1. The number of hydrogen-bond donors (Lipinski definition) is 1. The zero-order chi connectivity index (χ0) is 11.5. The van der Waals surface area contributed by atoms with Crippen molar-refractivity contribution in [1.82, 2.24) is 9.36 Å². The van der Waals surface area contributed by atoms with Gasteiger partial charge in [0.1, 0.15) is 5.82 Å². The van der Waals surface area contributed by atoms with Crippen LogP contribution in [-0.2, 0) is 11.2 Å². The van der Waals surface area contributed by atoms with E-state index in [1.54, 1.807) is 0 Å². The summed E-state index contributed by atoms with van der Waals surface area (Å²) in [6.07, 6.45) is 0.986. The predicted molar refractivity (Wildman–Crippen MR) is 64.9 cm³/mol. The number of hydrogen-bond acceptors (Lipinski definition) is 6. The Bertz CT molecular complexity index is 341. The molecule has 1 aromatic heterocycles. The Kier molecular flexibility index (Phi) is 3.73. The first kappa shape index (κ1) is 11.8. The molecule has 2 heterocycles. The van der Waals surface area contributed by atoms with E-state index in [1.165, 1.54) is 11.5 Å². The Balaban J connectivity index is 2.03. The monoisotopic (exact) mass is 242 g/mol. The summed E-state index contributed by atoms with van der Waals surface area (Å²) < 4.78 is 9.91. The Hall–Kier alpha value is -0.720. The minimum Gasteiger partial charge on any atom is -0.373 e. The molecule has 0 saturated carbocycles. The van der Waals surface area contributed by atoms with Crippen molar-refractivity contribution < 1.29 is 4.74 Å². The van der Waals surface area contributed by atoms with E-state index in [1.807, 2.05) is 6.92 Å². The van der Waals surface area contributed by atoms with Gasteiger partial charge in [-0.05, 0) is 6.92 Å². The summed E-state index contributed by atoms with van der Waals surface area (Å²) in [7, 11) is 0. The summed E-state index contributed by atoms with van der Waals surface area (Å²) in [6, 6.07) is 0.0568. The molecular weight excluding hydrogens is 224 g/mol. The van der Waals surface area contributed by atoms with E-state index in [-0.39, 0.29) is 12.1 Å². The van der Waals surface area contributed by atoms with Crippen LogP contribution in [0, 0.1) is 0 Å². The number of aryl methyl sites for hydroxylation is 1. The van der Waals surface area contributed by atoms with E-state index < -0.39 is 0 Å². The summed E-state index contributed by atoms with van der Waals surface area (Å²) in [5, 5.41) is 0.991. The van der Waals surface area contributed by atoms with Crippen molar-refractivity contribution in [3.63, 3.8) is 0 Å². The van der Waals surface area contributed by atoms with Crippen LogP contribution in [0.3, 0.4) is 0 Å². The van der Waals surface area contributed by atoms with Gasteiger partial charge < -0.3 is 15.4 Å². The molecule has 90 valence electrons. The first-order valence-electron chi connectivity index (χ1n) is 5.65. The van der Waals surface area contributed by atoms with Gasteiger partial charge in [-0.2, -0.15) is 4.37 Å². The molecule has 1 aromatic rings. The molecule has 0 bridgehead atoms. The lowest BCUT2D eigenvalue weighted by atomic mass is 10.1. The highest BCUT2D eigenvalue weighted by Gasteiger charge is 2.25. The number of aromatic nitrogens is 2. The molecule has 1 aliphatic heterocycles. The zero-order valence-electron chi connectivity index (χ0n) is 9.72. The molecule has 2 atom stereocenters. The van der Waals surface area contributed by atoms with Crippen LogP contribution < -0.4 is 10.6 Å². The zero-order valence-corrected chi connectivity index (χ0v) is 10.5. The van der Waals surface area contributed by atoms with Gasteiger partial charge in [-0.3, -0.25) is 0 Å². The lowest BCUT2D eigenvalue weighted by Gasteiger charge is -2.34. The van der Waals surface area contributed by atoms with Crippen molar-refractivity contribution in [3.05, 3.63) is 5.82 Å². The van der Waals surface area contributed by atoms with E-state index >= 15 is 0 Å². The van der Waals surface area contributed by atoms with Crippen LogP contribution in [0.1, 0.15) is 19.7 Å². The van der Waals surface area contributed by atoms with Crippen LogP contribution in [0.4, 0.5) is 5.13 Å². The summed E-state index contributed by atoms with van der Waals surface area (Å²) in [4.78, 5) is 6.70. The van der Waals surface area contributed by atoms with E-state index in [4.69, 9.17) is 10.5 Å². The lowest BCUT2D eigenvalue weighted by Crippen LogP contribution is -2.49. The molecule has 0 radical (unpaired) electrons. The normalized spacial score (nSPS) is 23.4. The third-order valence-electron chi connectivity index (χ3n) is 2.72. The van der Waals surface area contributed by atoms with Crippen LogP contribution in [0.5, 0.6) is 0 Å². The average molecular weight is 242 g/mol. The number of anilines is 1. The maximum Gasteiger partial charge on any atom is 0.205 e. The lowest BCUT2D eigenvalue weighted by molar-refractivity contribution is 0.0276. The van der Waals surface area contributed by atoms with E-state index in [0.717, 1.165) is 30.5 Å². The fraction of sp³-hybridized carbons (Fsp3) is 0.800. The van der Waals surface area contributed by atoms with Crippen LogP contribution in [0.2, 0.25) is 0 Å². The molecular formula is C10H18N4OS. The third kappa shape index (κ3) is 2.50. The molecule has 16 heavy (non-hydrogen) atoms. The maximum absolute atomic E-state index is 5.85. The SMILES string of the molecule is CCc1nsc(N2CCOC(C(C)N)C2)n1. The van der Waals surface area contributed by atoms with Crippen molar-refractivity contribution in [3.8, 4) is 0 Å². The second-order valence-electron chi connectivity index (χ2n) is 4.06. The standard InChI is InChI=1S/C10H18N4OS/c1-3-9-12-10(16-13-9)14-4-5-15-8(6-14)7(2)11/h7-8H,3-6,11H2,1-2H3. The minimum absolute atomic E-state index is 0.0568. The molecule has 1 saturated heterocycles. The molecule has 0 aliphatic carbocycles. The molecule has 1 aliphatic rings. The smallest absolute Gasteiger partial charge is 0.205 e. The van der Waals surface area contributed by atoms with E-state index in [9.17, 15) is 0 Å². The summed E-state index contributed by atoms with van der Waals surface area (Å²) in [6.45, 7) is 6.45. The van der Waals surface area contributed by atoms with Gasteiger partial charge in [0.25, 0.3) is 0 Å². The number of nitrogens with zero attached hydrogens (tertiary/aromatic N) is 3. The Morgan fingerprint density at radius 2 is 2.50 bits per heavy atom. The number of ether oxygens (including phenoxy) is 1.